The Morgan fingerprint density at radius 2 is 1.50 bits per heavy atom. The molecular weight excluding hydrogens is 302 g/mol. The van der Waals surface area contributed by atoms with Gasteiger partial charge in [-0.3, -0.25) is 9.59 Å². The number of amides is 2. The van der Waals surface area contributed by atoms with Crippen molar-refractivity contribution in [3.63, 3.8) is 0 Å². The van der Waals surface area contributed by atoms with E-state index in [1.807, 2.05) is 62.4 Å². The summed E-state index contributed by atoms with van der Waals surface area (Å²) < 4.78 is 0. The molecule has 0 fully saturated rings. The fraction of sp³-hybridized carbons (Fsp3) is 0.263. The molecule has 0 saturated carbocycles. The van der Waals surface area contributed by atoms with Gasteiger partial charge < -0.3 is 16.0 Å². The molecule has 2 aromatic rings. The van der Waals surface area contributed by atoms with Crippen LogP contribution in [0.4, 0.5) is 22.7 Å². The van der Waals surface area contributed by atoms with Crippen molar-refractivity contribution in [2.24, 2.45) is 5.92 Å². The topological polar surface area (TPSA) is 70.2 Å². The number of nitrogens with one attached hydrogen (secondary N) is 3. The van der Waals surface area contributed by atoms with Gasteiger partial charge in [-0.1, -0.05) is 19.9 Å². The van der Waals surface area contributed by atoms with Crippen molar-refractivity contribution in [2.75, 3.05) is 16.0 Å². The summed E-state index contributed by atoms with van der Waals surface area (Å²) in [6, 6.07) is 15.0. The van der Waals surface area contributed by atoms with Crippen LogP contribution in [-0.4, -0.2) is 11.8 Å². The molecule has 24 heavy (non-hydrogen) atoms. The van der Waals surface area contributed by atoms with E-state index < -0.39 is 0 Å². The van der Waals surface area contributed by atoms with E-state index in [2.05, 4.69) is 16.0 Å². The summed E-state index contributed by atoms with van der Waals surface area (Å²) in [5, 5.41) is 8.90. The Hall–Kier alpha value is -2.82. The first-order valence-electron chi connectivity index (χ1n) is 7.97. The lowest BCUT2D eigenvalue weighted by atomic mass is 10.1. The highest BCUT2D eigenvalue weighted by molar-refractivity contribution is 5.91. The third-order valence-corrected chi connectivity index (χ3v) is 3.23. The van der Waals surface area contributed by atoms with Crippen LogP contribution in [0.25, 0.3) is 0 Å². The Morgan fingerprint density at radius 3 is 2.12 bits per heavy atom. The van der Waals surface area contributed by atoms with Gasteiger partial charge in [-0.2, -0.15) is 0 Å². The summed E-state index contributed by atoms with van der Waals surface area (Å²) in [4.78, 5) is 22.9. The van der Waals surface area contributed by atoms with E-state index in [1.165, 1.54) is 6.92 Å². The molecule has 2 amide bonds. The fourth-order valence-corrected chi connectivity index (χ4v) is 2.26. The highest BCUT2D eigenvalue weighted by Gasteiger charge is 2.05. The van der Waals surface area contributed by atoms with E-state index >= 15 is 0 Å². The molecule has 0 saturated heterocycles. The van der Waals surface area contributed by atoms with Crippen LogP contribution in [0.15, 0.2) is 48.5 Å². The average molecular weight is 325 g/mol. The fourth-order valence-electron chi connectivity index (χ4n) is 2.26. The first-order chi connectivity index (χ1) is 11.4. The zero-order valence-electron chi connectivity index (χ0n) is 14.2. The summed E-state index contributed by atoms with van der Waals surface area (Å²) in [6.45, 7) is 5.51. The molecule has 0 radical (unpaired) electrons. The summed E-state index contributed by atoms with van der Waals surface area (Å²) in [7, 11) is 0. The van der Waals surface area contributed by atoms with E-state index in [-0.39, 0.29) is 11.8 Å². The third kappa shape index (κ3) is 5.76. The molecule has 0 bridgehead atoms. The maximum atomic E-state index is 11.8. The number of rotatable bonds is 6. The second kappa shape index (κ2) is 8.15. The van der Waals surface area contributed by atoms with Crippen molar-refractivity contribution >= 4 is 34.6 Å². The second-order valence-corrected chi connectivity index (χ2v) is 6.11. The molecule has 0 atom stereocenters. The lowest BCUT2D eigenvalue weighted by Gasteiger charge is -2.11. The molecule has 0 aliphatic carbocycles. The Bertz CT molecular complexity index is 709. The van der Waals surface area contributed by atoms with Crippen LogP contribution < -0.4 is 16.0 Å². The van der Waals surface area contributed by atoms with E-state index in [0.29, 0.717) is 12.3 Å². The summed E-state index contributed by atoms with van der Waals surface area (Å²) in [6.07, 6.45) is 0.510. The average Bonchev–Trinajstić information content (AvgIpc) is 2.48. The minimum absolute atomic E-state index is 0.0220. The van der Waals surface area contributed by atoms with Crippen LogP contribution in [0.2, 0.25) is 0 Å². The van der Waals surface area contributed by atoms with Crippen molar-refractivity contribution in [3.05, 3.63) is 48.5 Å². The summed E-state index contributed by atoms with van der Waals surface area (Å²) in [5.41, 5.74) is 3.29. The summed E-state index contributed by atoms with van der Waals surface area (Å²) in [5.74, 6) is 0.254. The minimum atomic E-state index is -0.103. The smallest absolute Gasteiger partial charge is 0.224 e. The normalized spacial score (nSPS) is 10.3. The lowest BCUT2D eigenvalue weighted by Crippen LogP contribution is -2.13. The van der Waals surface area contributed by atoms with Crippen LogP contribution in [0.1, 0.15) is 27.2 Å². The number of anilines is 4. The maximum absolute atomic E-state index is 11.8. The Labute approximate surface area is 142 Å². The van der Waals surface area contributed by atoms with Gasteiger partial charge in [0, 0.05) is 36.1 Å². The van der Waals surface area contributed by atoms with Crippen LogP contribution >= 0.6 is 0 Å². The molecule has 5 nitrogen and oxygen atoms in total. The number of carbonyl (C=O) groups excluding carboxylic acids is 2. The largest absolute Gasteiger partial charge is 0.355 e. The standard InChI is InChI=1S/C19H23N3O2/c1-13(2)11-19(24)22-16-9-7-15(8-10-16)21-18-6-4-5-17(12-18)20-14(3)23/h4-10,12-13,21H,11H2,1-3H3,(H,20,23)(H,22,24). The van der Waals surface area contributed by atoms with Crippen molar-refractivity contribution < 1.29 is 9.59 Å². The van der Waals surface area contributed by atoms with Gasteiger partial charge in [0.15, 0.2) is 0 Å². The molecule has 3 N–H and O–H groups in total. The van der Waals surface area contributed by atoms with Crippen molar-refractivity contribution in [1.29, 1.82) is 0 Å². The molecule has 0 aromatic heterocycles. The lowest BCUT2D eigenvalue weighted by molar-refractivity contribution is -0.117. The second-order valence-electron chi connectivity index (χ2n) is 6.11. The number of hydrogen-bond donors (Lipinski definition) is 3. The molecule has 0 aliphatic rings. The highest BCUT2D eigenvalue weighted by atomic mass is 16.2. The van der Waals surface area contributed by atoms with E-state index in [0.717, 1.165) is 22.7 Å². The van der Waals surface area contributed by atoms with Crippen molar-refractivity contribution in [1.82, 2.24) is 0 Å². The van der Waals surface area contributed by atoms with Gasteiger partial charge in [0.2, 0.25) is 11.8 Å². The molecule has 2 aromatic carbocycles. The molecule has 5 heteroatoms. The molecular formula is C19H23N3O2. The minimum Gasteiger partial charge on any atom is -0.355 e. The predicted octanol–water partition coefficient (Wildman–Crippen LogP) is 4.37. The van der Waals surface area contributed by atoms with Gasteiger partial charge in [0.1, 0.15) is 0 Å². The monoisotopic (exact) mass is 325 g/mol. The molecule has 126 valence electrons. The van der Waals surface area contributed by atoms with Crippen LogP contribution in [0.3, 0.4) is 0 Å². The third-order valence-electron chi connectivity index (χ3n) is 3.23. The Kier molecular flexibility index (Phi) is 5.95. The zero-order valence-corrected chi connectivity index (χ0v) is 14.2. The predicted molar refractivity (Wildman–Crippen MR) is 98.6 cm³/mol. The van der Waals surface area contributed by atoms with Crippen LogP contribution in [0, 0.1) is 5.92 Å². The summed E-state index contributed by atoms with van der Waals surface area (Å²) >= 11 is 0. The molecule has 0 spiro atoms. The molecule has 0 heterocycles. The van der Waals surface area contributed by atoms with Crippen LogP contribution in [0.5, 0.6) is 0 Å². The molecule has 0 aliphatic heterocycles. The van der Waals surface area contributed by atoms with E-state index in [4.69, 9.17) is 0 Å². The number of benzene rings is 2. The maximum Gasteiger partial charge on any atom is 0.224 e. The molecule has 0 unspecified atom stereocenters. The zero-order chi connectivity index (χ0) is 17.5. The van der Waals surface area contributed by atoms with Gasteiger partial charge in [0.25, 0.3) is 0 Å². The SMILES string of the molecule is CC(=O)Nc1cccc(Nc2ccc(NC(=O)CC(C)C)cc2)c1. The van der Waals surface area contributed by atoms with Crippen molar-refractivity contribution in [2.45, 2.75) is 27.2 Å². The number of hydrogen-bond acceptors (Lipinski definition) is 3. The highest BCUT2D eigenvalue weighted by Crippen LogP contribution is 2.21. The van der Waals surface area contributed by atoms with Gasteiger partial charge in [-0.25, -0.2) is 0 Å². The first kappa shape index (κ1) is 17.5. The van der Waals surface area contributed by atoms with Crippen molar-refractivity contribution in [3.8, 4) is 0 Å². The van der Waals surface area contributed by atoms with Gasteiger partial charge >= 0.3 is 0 Å². The Morgan fingerprint density at radius 1 is 0.875 bits per heavy atom. The number of carbonyl (C=O) groups is 2. The van der Waals surface area contributed by atoms with Gasteiger partial charge in [-0.05, 0) is 48.4 Å². The van der Waals surface area contributed by atoms with Gasteiger partial charge in [-0.15, -0.1) is 0 Å². The van der Waals surface area contributed by atoms with Gasteiger partial charge in [0.05, 0.1) is 0 Å². The molecule has 2 rings (SSSR count). The Balaban J connectivity index is 1.99. The first-order valence-corrected chi connectivity index (χ1v) is 7.97. The van der Waals surface area contributed by atoms with E-state index in [1.54, 1.807) is 0 Å². The van der Waals surface area contributed by atoms with Crippen LogP contribution in [-0.2, 0) is 9.59 Å². The van der Waals surface area contributed by atoms with E-state index in [9.17, 15) is 9.59 Å². The quantitative estimate of drug-likeness (QED) is 0.738.